The minimum absolute atomic E-state index is 0.239. The molecule has 6 heteroatoms. The maximum atomic E-state index is 11.9. The summed E-state index contributed by atoms with van der Waals surface area (Å²) in [7, 11) is -2.04. The first kappa shape index (κ1) is 16.1. The third kappa shape index (κ3) is 3.89. The van der Waals surface area contributed by atoms with Gasteiger partial charge in [0.2, 0.25) is 10.0 Å². The predicted molar refractivity (Wildman–Crippen MR) is 86.8 cm³/mol. The topological polar surface area (TPSA) is 84.2 Å². The molecule has 1 saturated carbocycles. The lowest BCUT2D eigenvalue weighted by Gasteiger charge is -2.25. The Balaban J connectivity index is 2.24. The number of nitrogen functional groups attached to an aromatic ring is 1. The van der Waals surface area contributed by atoms with E-state index in [2.05, 4.69) is 17.0 Å². The summed E-state index contributed by atoms with van der Waals surface area (Å²) >= 11 is 0. The highest BCUT2D eigenvalue weighted by atomic mass is 32.2. The van der Waals surface area contributed by atoms with Gasteiger partial charge in [-0.15, -0.1) is 0 Å². The number of nitrogens with one attached hydrogen (secondary N) is 2. The molecular weight excluding hydrogens is 286 g/mol. The summed E-state index contributed by atoms with van der Waals surface area (Å²) in [4.78, 5) is 0.239. The van der Waals surface area contributed by atoms with Crippen LogP contribution in [0.15, 0.2) is 23.1 Å². The van der Waals surface area contributed by atoms with Crippen LogP contribution in [0.5, 0.6) is 0 Å². The Morgan fingerprint density at radius 3 is 2.62 bits per heavy atom. The lowest BCUT2D eigenvalue weighted by atomic mass is 9.96. The van der Waals surface area contributed by atoms with Crippen LogP contribution < -0.4 is 15.8 Å². The summed E-state index contributed by atoms with van der Waals surface area (Å²) in [6.07, 6.45) is 6.04. The van der Waals surface area contributed by atoms with E-state index in [1.807, 2.05) is 0 Å². The van der Waals surface area contributed by atoms with Gasteiger partial charge in [-0.3, -0.25) is 0 Å². The molecule has 1 aliphatic rings. The first-order valence-corrected chi connectivity index (χ1v) is 9.02. The molecule has 0 aromatic heterocycles. The monoisotopic (exact) mass is 311 g/mol. The zero-order valence-corrected chi connectivity index (χ0v) is 13.5. The molecule has 5 nitrogen and oxygen atoms in total. The summed E-state index contributed by atoms with van der Waals surface area (Å²) in [5.41, 5.74) is 7.30. The van der Waals surface area contributed by atoms with Gasteiger partial charge >= 0.3 is 0 Å². The molecule has 1 aliphatic carbocycles. The second kappa shape index (κ2) is 6.66. The molecule has 2 unspecified atom stereocenters. The van der Waals surface area contributed by atoms with Crippen LogP contribution in [0.2, 0.25) is 0 Å². The van der Waals surface area contributed by atoms with Gasteiger partial charge in [-0.25, -0.2) is 13.1 Å². The van der Waals surface area contributed by atoms with Crippen LogP contribution in [-0.2, 0) is 10.0 Å². The molecule has 1 aromatic rings. The summed E-state index contributed by atoms with van der Waals surface area (Å²) < 4.78 is 26.1. The van der Waals surface area contributed by atoms with Crippen LogP contribution in [0.25, 0.3) is 0 Å². The van der Waals surface area contributed by atoms with Crippen molar-refractivity contribution in [3.63, 3.8) is 0 Å². The highest BCUT2D eigenvalue weighted by Crippen LogP contribution is 2.29. The van der Waals surface area contributed by atoms with Crippen molar-refractivity contribution in [2.75, 3.05) is 18.1 Å². The number of anilines is 2. The molecule has 118 valence electrons. The minimum Gasteiger partial charge on any atom is -0.397 e. The predicted octanol–water partition coefficient (Wildman–Crippen LogP) is 2.56. The average Bonchev–Trinajstić information content (AvgIpc) is 2.66. The van der Waals surface area contributed by atoms with Crippen molar-refractivity contribution < 1.29 is 8.42 Å². The number of rotatable bonds is 4. The minimum atomic E-state index is -3.44. The molecule has 4 N–H and O–H groups in total. The normalized spacial score (nSPS) is 23.5. The van der Waals surface area contributed by atoms with E-state index >= 15 is 0 Å². The molecular formula is C15H25N3O2S. The van der Waals surface area contributed by atoms with Gasteiger partial charge < -0.3 is 11.1 Å². The van der Waals surface area contributed by atoms with E-state index in [1.54, 1.807) is 12.1 Å². The summed E-state index contributed by atoms with van der Waals surface area (Å²) in [5.74, 6) is 0.566. The van der Waals surface area contributed by atoms with Gasteiger partial charge in [0.1, 0.15) is 0 Å². The molecule has 0 radical (unpaired) electrons. The Hall–Kier alpha value is -1.27. The van der Waals surface area contributed by atoms with Crippen molar-refractivity contribution in [3.05, 3.63) is 18.2 Å². The number of hydrogen-bond acceptors (Lipinski definition) is 4. The van der Waals surface area contributed by atoms with Crippen molar-refractivity contribution in [2.24, 2.45) is 5.92 Å². The van der Waals surface area contributed by atoms with E-state index in [1.165, 1.54) is 38.8 Å². The maximum Gasteiger partial charge on any atom is 0.240 e. The molecule has 0 bridgehead atoms. The Kier molecular flexibility index (Phi) is 5.11. The summed E-state index contributed by atoms with van der Waals surface area (Å²) in [6.45, 7) is 2.24. The molecule has 0 aliphatic heterocycles. The Labute approximate surface area is 127 Å². The fraction of sp³-hybridized carbons (Fsp3) is 0.600. The van der Waals surface area contributed by atoms with Crippen LogP contribution in [-0.4, -0.2) is 21.5 Å². The Bertz CT molecular complexity index is 587. The molecule has 1 aromatic carbocycles. The fourth-order valence-corrected chi connectivity index (χ4v) is 3.61. The smallest absolute Gasteiger partial charge is 0.240 e. The average molecular weight is 311 g/mol. The maximum absolute atomic E-state index is 11.9. The van der Waals surface area contributed by atoms with E-state index in [0.29, 0.717) is 23.3 Å². The molecule has 2 atom stereocenters. The quantitative estimate of drug-likeness (QED) is 0.589. The molecule has 0 heterocycles. The second-order valence-corrected chi connectivity index (χ2v) is 7.71. The molecule has 0 saturated heterocycles. The second-order valence-electron chi connectivity index (χ2n) is 5.82. The van der Waals surface area contributed by atoms with E-state index < -0.39 is 10.0 Å². The van der Waals surface area contributed by atoms with Crippen LogP contribution in [0.1, 0.15) is 39.0 Å². The Morgan fingerprint density at radius 1 is 1.19 bits per heavy atom. The van der Waals surface area contributed by atoms with Crippen LogP contribution in [0, 0.1) is 5.92 Å². The van der Waals surface area contributed by atoms with Gasteiger partial charge in [-0.2, -0.15) is 0 Å². The molecule has 1 fully saturated rings. The van der Waals surface area contributed by atoms with Gasteiger partial charge in [-0.1, -0.05) is 26.2 Å². The Morgan fingerprint density at radius 2 is 1.90 bits per heavy atom. The lowest BCUT2D eigenvalue weighted by Crippen LogP contribution is -2.27. The summed E-state index contributed by atoms with van der Waals surface area (Å²) in [6, 6.07) is 5.15. The van der Waals surface area contributed by atoms with Gasteiger partial charge in [0.25, 0.3) is 0 Å². The van der Waals surface area contributed by atoms with Crippen molar-refractivity contribution >= 4 is 21.4 Å². The zero-order valence-electron chi connectivity index (χ0n) is 12.7. The van der Waals surface area contributed by atoms with Crippen molar-refractivity contribution in [3.8, 4) is 0 Å². The largest absolute Gasteiger partial charge is 0.397 e. The third-order valence-electron chi connectivity index (χ3n) is 4.31. The third-order valence-corrected chi connectivity index (χ3v) is 5.72. The molecule has 21 heavy (non-hydrogen) atoms. The van der Waals surface area contributed by atoms with Gasteiger partial charge in [0, 0.05) is 6.04 Å². The summed E-state index contributed by atoms with van der Waals surface area (Å²) in [5, 5.41) is 3.46. The van der Waals surface area contributed by atoms with Crippen molar-refractivity contribution in [1.29, 1.82) is 0 Å². The van der Waals surface area contributed by atoms with Gasteiger partial charge in [-0.05, 0) is 44.0 Å². The van der Waals surface area contributed by atoms with Crippen LogP contribution in [0.4, 0.5) is 11.4 Å². The zero-order chi connectivity index (χ0) is 15.5. The molecule has 0 spiro atoms. The van der Waals surface area contributed by atoms with Crippen molar-refractivity contribution in [1.82, 2.24) is 4.72 Å². The van der Waals surface area contributed by atoms with Crippen LogP contribution >= 0.6 is 0 Å². The van der Waals surface area contributed by atoms with Gasteiger partial charge in [0.05, 0.1) is 16.3 Å². The van der Waals surface area contributed by atoms with E-state index in [9.17, 15) is 8.42 Å². The van der Waals surface area contributed by atoms with E-state index in [4.69, 9.17) is 5.73 Å². The molecule has 0 amide bonds. The van der Waals surface area contributed by atoms with Crippen LogP contribution in [0.3, 0.4) is 0 Å². The number of nitrogens with two attached hydrogens (primary N) is 1. The fourth-order valence-electron chi connectivity index (χ4n) is 2.85. The van der Waals surface area contributed by atoms with E-state index in [0.717, 1.165) is 6.42 Å². The number of benzene rings is 1. The number of hydrogen-bond donors (Lipinski definition) is 3. The highest BCUT2D eigenvalue weighted by Gasteiger charge is 2.21. The first-order chi connectivity index (χ1) is 9.94. The first-order valence-electron chi connectivity index (χ1n) is 7.53. The highest BCUT2D eigenvalue weighted by molar-refractivity contribution is 7.89. The SMILES string of the molecule is CNS(=O)(=O)c1ccc(N)c(NC2CCCCCC2C)c1. The van der Waals surface area contributed by atoms with E-state index in [-0.39, 0.29) is 4.90 Å². The lowest BCUT2D eigenvalue weighted by molar-refractivity contribution is 0.457. The van der Waals surface area contributed by atoms with Crippen molar-refractivity contribution in [2.45, 2.75) is 50.0 Å². The molecule has 2 rings (SSSR count). The van der Waals surface area contributed by atoms with Gasteiger partial charge in [0.15, 0.2) is 0 Å². The number of sulfonamides is 1. The standard InChI is InChI=1S/C15H25N3O2S/c1-11-6-4-3-5-7-14(11)18-15-10-12(8-9-13(15)16)21(19,20)17-2/h8-11,14,17-18H,3-7,16H2,1-2H3.